The number of hydrogen-bond donors (Lipinski definition) is 1. The number of alkyl halides is 1. The van der Waals surface area contributed by atoms with Crippen LogP contribution in [0.3, 0.4) is 0 Å². The van der Waals surface area contributed by atoms with Gasteiger partial charge < -0.3 is 5.73 Å². The largest absolute Gasteiger partial charge is 0.313 e. The van der Waals surface area contributed by atoms with E-state index in [2.05, 4.69) is 22.6 Å². The van der Waals surface area contributed by atoms with Gasteiger partial charge in [0.15, 0.2) is 0 Å². The van der Waals surface area contributed by atoms with Crippen LogP contribution in [0.25, 0.3) is 0 Å². The third kappa shape index (κ3) is 2.83. The summed E-state index contributed by atoms with van der Waals surface area (Å²) in [6.45, 7) is 1.71. The molecule has 0 spiro atoms. The van der Waals surface area contributed by atoms with E-state index in [0.717, 1.165) is 0 Å². The van der Waals surface area contributed by atoms with E-state index in [-0.39, 0.29) is 0 Å². The van der Waals surface area contributed by atoms with Crippen LogP contribution in [-0.4, -0.2) is 9.97 Å². The Morgan fingerprint density at radius 2 is 2.43 bits per heavy atom. The molecular weight excluding hydrogens is 203 g/mol. The maximum atomic E-state index is 8.21. The molecule has 0 aromatic carbocycles. The molecule has 0 saturated carbocycles. The van der Waals surface area contributed by atoms with Crippen molar-refractivity contribution < 1.29 is 0 Å². The summed E-state index contributed by atoms with van der Waals surface area (Å²) in [5.74, 6) is 0. The van der Waals surface area contributed by atoms with Crippen molar-refractivity contribution in [3.05, 3.63) is 0 Å². The van der Waals surface area contributed by atoms with Gasteiger partial charge in [0.2, 0.25) is 0 Å². The molecule has 0 rings (SSSR count). The van der Waals surface area contributed by atoms with Gasteiger partial charge in [0.05, 0.1) is 6.07 Å². The fraction of sp³-hybridized carbons (Fsp3) is 0.750. The molecule has 0 aromatic rings. The van der Waals surface area contributed by atoms with E-state index < -0.39 is 5.54 Å². The summed E-state index contributed by atoms with van der Waals surface area (Å²) < 4.78 is 0.682. The van der Waals surface area contributed by atoms with Crippen LogP contribution in [0.4, 0.5) is 0 Å². The zero-order chi connectivity index (χ0) is 5.91. The summed E-state index contributed by atoms with van der Waals surface area (Å²) >= 11 is 2.08. The van der Waals surface area contributed by atoms with Crippen LogP contribution in [-0.2, 0) is 0 Å². The Morgan fingerprint density at radius 3 is 2.43 bits per heavy atom. The van der Waals surface area contributed by atoms with Crippen molar-refractivity contribution in [2.24, 2.45) is 5.73 Å². The molecule has 2 nitrogen and oxygen atoms in total. The smallest absolute Gasteiger partial charge is 0.110 e. The van der Waals surface area contributed by atoms with E-state index in [1.54, 1.807) is 6.92 Å². The summed E-state index contributed by atoms with van der Waals surface area (Å²) in [5.41, 5.74) is 4.72. The molecule has 3 heteroatoms. The van der Waals surface area contributed by atoms with Crippen LogP contribution in [0.15, 0.2) is 0 Å². The lowest BCUT2D eigenvalue weighted by molar-refractivity contribution is 0.693. The van der Waals surface area contributed by atoms with Crippen molar-refractivity contribution in [3.8, 4) is 6.07 Å². The van der Waals surface area contributed by atoms with Crippen molar-refractivity contribution >= 4 is 22.6 Å². The Hall–Kier alpha value is 0.180. The second-order valence-electron chi connectivity index (χ2n) is 1.66. The van der Waals surface area contributed by atoms with E-state index in [1.165, 1.54) is 0 Å². The second-order valence-corrected chi connectivity index (χ2v) is 2.43. The maximum absolute atomic E-state index is 8.21. The van der Waals surface area contributed by atoms with E-state index in [4.69, 9.17) is 11.0 Å². The molecule has 0 aliphatic rings. The molecule has 0 fully saturated rings. The van der Waals surface area contributed by atoms with Crippen LogP contribution in [0.1, 0.15) is 6.92 Å². The van der Waals surface area contributed by atoms with Gasteiger partial charge in [0.1, 0.15) is 5.54 Å². The predicted molar refractivity (Wildman–Crippen MR) is 37.1 cm³/mol. The highest BCUT2D eigenvalue weighted by Gasteiger charge is 2.13. The molecule has 0 aliphatic heterocycles. The Kier molecular flexibility index (Phi) is 2.54. The van der Waals surface area contributed by atoms with Gasteiger partial charge in [-0.2, -0.15) is 5.26 Å². The van der Waals surface area contributed by atoms with Gasteiger partial charge in [0.25, 0.3) is 0 Å². The number of nitriles is 1. The molecule has 0 aliphatic carbocycles. The minimum atomic E-state index is -0.624. The first kappa shape index (κ1) is 7.18. The molecule has 0 amide bonds. The number of nitrogens with two attached hydrogens (primary N) is 1. The van der Waals surface area contributed by atoms with Crippen LogP contribution in [0.2, 0.25) is 0 Å². The summed E-state index contributed by atoms with van der Waals surface area (Å²) in [4.78, 5) is 0. The Balaban J connectivity index is 3.66. The topological polar surface area (TPSA) is 49.8 Å². The standard InChI is InChI=1S/C4H7IN2/c1-4(7,2-5)3-6/h2,7H2,1H3. The molecule has 2 N–H and O–H groups in total. The Morgan fingerprint density at radius 1 is 2.00 bits per heavy atom. The summed E-state index contributed by atoms with van der Waals surface area (Å²) in [5, 5.41) is 8.21. The molecule has 0 heterocycles. The molecule has 40 valence electrons. The number of nitrogens with zero attached hydrogens (tertiary/aromatic N) is 1. The Bertz CT molecular complexity index is 92.4. The van der Waals surface area contributed by atoms with Crippen molar-refractivity contribution in [3.63, 3.8) is 0 Å². The molecule has 1 unspecified atom stereocenters. The van der Waals surface area contributed by atoms with Crippen molar-refractivity contribution in [1.29, 1.82) is 5.26 Å². The SMILES string of the molecule is CC(N)(C#N)CI. The predicted octanol–water partition coefficient (Wildman–Crippen LogP) is 0.662. The molecule has 0 radical (unpaired) electrons. The molecule has 7 heavy (non-hydrogen) atoms. The third-order valence-electron chi connectivity index (χ3n) is 0.533. The lowest BCUT2D eigenvalue weighted by Crippen LogP contribution is -2.35. The van der Waals surface area contributed by atoms with Gasteiger partial charge in [-0.05, 0) is 6.92 Å². The fourth-order valence-corrected chi connectivity index (χ4v) is 0.200. The number of rotatable bonds is 1. The van der Waals surface area contributed by atoms with Crippen molar-refractivity contribution in [2.45, 2.75) is 12.5 Å². The van der Waals surface area contributed by atoms with Crippen LogP contribution in [0, 0.1) is 11.3 Å². The minimum absolute atomic E-state index is 0.624. The lowest BCUT2D eigenvalue weighted by atomic mass is 10.1. The van der Waals surface area contributed by atoms with Crippen LogP contribution in [0.5, 0.6) is 0 Å². The van der Waals surface area contributed by atoms with E-state index >= 15 is 0 Å². The average Bonchev–Trinajstić information content (AvgIpc) is 1.68. The normalized spacial score (nSPS) is 17.4. The summed E-state index contributed by atoms with van der Waals surface area (Å²) in [6.07, 6.45) is 0. The van der Waals surface area contributed by atoms with Crippen molar-refractivity contribution in [2.75, 3.05) is 4.43 Å². The number of halogens is 1. The average molecular weight is 210 g/mol. The van der Waals surface area contributed by atoms with Gasteiger partial charge in [-0.1, -0.05) is 22.6 Å². The molecular formula is C4H7IN2. The molecule has 0 aromatic heterocycles. The Labute approximate surface area is 56.8 Å². The van der Waals surface area contributed by atoms with Gasteiger partial charge >= 0.3 is 0 Å². The summed E-state index contributed by atoms with van der Waals surface area (Å²) in [7, 11) is 0. The highest BCUT2D eigenvalue weighted by Crippen LogP contribution is 1.99. The number of hydrogen-bond acceptors (Lipinski definition) is 2. The zero-order valence-electron chi connectivity index (χ0n) is 4.11. The highest BCUT2D eigenvalue weighted by molar-refractivity contribution is 14.1. The highest BCUT2D eigenvalue weighted by atomic mass is 127. The second kappa shape index (κ2) is 2.48. The fourth-order valence-electron chi connectivity index (χ4n) is 0.0299. The van der Waals surface area contributed by atoms with Gasteiger partial charge in [-0.15, -0.1) is 0 Å². The summed E-state index contributed by atoms with van der Waals surface area (Å²) in [6, 6.07) is 1.96. The first-order chi connectivity index (χ1) is 3.12. The van der Waals surface area contributed by atoms with Gasteiger partial charge in [-0.25, -0.2) is 0 Å². The quantitative estimate of drug-likeness (QED) is 0.510. The maximum Gasteiger partial charge on any atom is 0.110 e. The molecule has 0 bridgehead atoms. The van der Waals surface area contributed by atoms with Crippen molar-refractivity contribution in [1.82, 2.24) is 0 Å². The van der Waals surface area contributed by atoms with E-state index in [9.17, 15) is 0 Å². The van der Waals surface area contributed by atoms with Crippen LogP contribution >= 0.6 is 22.6 Å². The lowest BCUT2D eigenvalue weighted by Gasteiger charge is -2.07. The first-order valence-electron chi connectivity index (χ1n) is 1.88. The van der Waals surface area contributed by atoms with Gasteiger partial charge in [0, 0.05) is 4.43 Å². The van der Waals surface area contributed by atoms with Gasteiger partial charge in [-0.3, -0.25) is 0 Å². The molecule has 1 atom stereocenters. The zero-order valence-corrected chi connectivity index (χ0v) is 6.27. The third-order valence-corrected chi connectivity index (χ3v) is 2.12. The van der Waals surface area contributed by atoms with Crippen LogP contribution < -0.4 is 5.73 Å². The van der Waals surface area contributed by atoms with E-state index in [0.29, 0.717) is 4.43 Å². The first-order valence-corrected chi connectivity index (χ1v) is 3.41. The molecule has 0 saturated heterocycles. The van der Waals surface area contributed by atoms with E-state index in [1.807, 2.05) is 6.07 Å². The monoisotopic (exact) mass is 210 g/mol. The minimum Gasteiger partial charge on any atom is -0.313 e.